The fraction of sp³-hybridized carbons (Fsp3) is 0.467. The van der Waals surface area contributed by atoms with Crippen molar-refractivity contribution in [3.63, 3.8) is 0 Å². The van der Waals surface area contributed by atoms with Gasteiger partial charge in [-0.25, -0.2) is 0 Å². The molecule has 21 heavy (non-hydrogen) atoms. The van der Waals surface area contributed by atoms with Crippen LogP contribution in [0.25, 0.3) is 0 Å². The molecular formula is C15H21N3O3. The second kappa shape index (κ2) is 6.58. The van der Waals surface area contributed by atoms with Crippen LogP contribution >= 0.6 is 0 Å². The van der Waals surface area contributed by atoms with Crippen molar-refractivity contribution < 1.29 is 14.3 Å². The maximum atomic E-state index is 12.3. The zero-order valence-corrected chi connectivity index (χ0v) is 12.1. The Morgan fingerprint density at radius 2 is 1.90 bits per heavy atom. The lowest BCUT2D eigenvalue weighted by atomic mass is 9.86. The van der Waals surface area contributed by atoms with Crippen molar-refractivity contribution in [1.29, 1.82) is 0 Å². The first-order valence-corrected chi connectivity index (χ1v) is 7.05. The number of anilines is 2. The highest BCUT2D eigenvalue weighted by atomic mass is 16.5. The van der Waals surface area contributed by atoms with Crippen LogP contribution < -0.4 is 16.8 Å². The van der Waals surface area contributed by atoms with E-state index in [0.29, 0.717) is 5.69 Å². The number of hydrogen-bond acceptors (Lipinski definition) is 4. The summed E-state index contributed by atoms with van der Waals surface area (Å²) >= 11 is 0. The van der Waals surface area contributed by atoms with Crippen LogP contribution in [0.3, 0.4) is 0 Å². The number of carbonyl (C=O) groups excluding carboxylic acids is 2. The Kier molecular flexibility index (Phi) is 4.80. The van der Waals surface area contributed by atoms with Gasteiger partial charge in [-0.15, -0.1) is 0 Å². The number of carbonyl (C=O) groups is 2. The third-order valence-corrected chi connectivity index (χ3v) is 4.01. The number of hydrogen-bond donors (Lipinski definition) is 3. The van der Waals surface area contributed by atoms with E-state index in [1.165, 1.54) is 6.07 Å². The molecule has 114 valence electrons. The van der Waals surface area contributed by atoms with Gasteiger partial charge in [0.05, 0.1) is 23.0 Å². The Hall–Kier alpha value is -2.08. The summed E-state index contributed by atoms with van der Waals surface area (Å²) in [4.78, 5) is 23.5. The predicted molar refractivity (Wildman–Crippen MR) is 80.8 cm³/mol. The average molecular weight is 291 g/mol. The topological polar surface area (TPSA) is 107 Å². The molecule has 0 radical (unpaired) electrons. The Morgan fingerprint density at radius 3 is 2.48 bits per heavy atom. The Morgan fingerprint density at radius 1 is 1.24 bits per heavy atom. The Balaban J connectivity index is 2.03. The minimum atomic E-state index is -0.607. The fourth-order valence-corrected chi connectivity index (χ4v) is 2.68. The molecule has 1 fully saturated rings. The average Bonchev–Trinajstić information content (AvgIpc) is 2.49. The summed E-state index contributed by atoms with van der Waals surface area (Å²) in [7, 11) is 1.70. The quantitative estimate of drug-likeness (QED) is 0.731. The van der Waals surface area contributed by atoms with E-state index in [2.05, 4.69) is 5.32 Å². The number of primary amides is 1. The summed E-state index contributed by atoms with van der Waals surface area (Å²) in [6, 6.07) is 4.85. The van der Waals surface area contributed by atoms with Crippen LogP contribution in [-0.4, -0.2) is 25.0 Å². The number of amides is 2. The van der Waals surface area contributed by atoms with Gasteiger partial charge in [0.25, 0.3) is 5.91 Å². The van der Waals surface area contributed by atoms with Gasteiger partial charge in [0.1, 0.15) is 0 Å². The van der Waals surface area contributed by atoms with Crippen LogP contribution in [0.15, 0.2) is 18.2 Å². The van der Waals surface area contributed by atoms with Crippen molar-refractivity contribution in [1.82, 2.24) is 0 Å². The van der Waals surface area contributed by atoms with Crippen LogP contribution in [0.4, 0.5) is 11.4 Å². The second-order valence-electron chi connectivity index (χ2n) is 5.33. The SMILES string of the molecule is COC1CCC(C(=O)Nc2cccc(C(N)=O)c2N)CC1. The van der Waals surface area contributed by atoms with Crippen molar-refractivity contribution in [3.05, 3.63) is 23.8 Å². The molecule has 0 heterocycles. The van der Waals surface area contributed by atoms with Gasteiger partial charge < -0.3 is 21.5 Å². The minimum Gasteiger partial charge on any atom is -0.396 e. The first-order valence-electron chi connectivity index (χ1n) is 7.05. The van der Waals surface area contributed by atoms with E-state index in [4.69, 9.17) is 16.2 Å². The number of para-hydroxylation sites is 1. The predicted octanol–water partition coefficient (Wildman–Crippen LogP) is 1.51. The van der Waals surface area contributed by atoms with Crippen LogP contribution in [0.2, 0.25) is 0 Å². The van der Waals surface area contributed by atoms with Crippen LogP contribution in [0.5, 0.6) is 0 Å². The van der Waals surface area contributed by atoms with Gasteiger partial charge in [0.15, 0.2) is 0 Å². The summed E-state index contributed by atoms with van der Waals surface area (Å²) in [6.45, 7) is 0. The fourth-order valence-electron chi connectivity index (χ4n) is 2.68. The molecule has 0 spiro atoms. The molecule has 1 aromatic carbocycles. The first kappa shape index (κ1) is 15.3. The van der Waals surface area contributed by atoms with E-state index >= 15 is 0 Å². The van der Waals surface area contributed by atoms with Crippen molar-refractivity contribution in [2.24, 2.45) is 11.7 Å². The molecule has 1 aromatic rings. The third kappa shape index (κ3) is 3.52. The summed E-state index contributed by atoms with van der Waals surface area (Å²) in [5, 5.41) is 2.80. The number of methoxy groups -OCH3 is 1. The smallest absolute Gasteiger partial charge is 0.250 e. The van der Waals surface area contributed by atoms with E-state index < -0.39 is 5.91 Å². The molecule has 6 nitrogen and oxygen atoms in total. The molecular weight excluding hydrogens is 270 g/mol. The van der Waals surface area contributed by atoms with E-state index in [0.717, 1.165) is 25.7 Å². The van der Waals surface area contributed by atoms with Crippen LogP contribution in [-0.2, 0) is 9.53 Å². The zero-order valence-electron chi connectivity index (χ0n) is 12.1. The number of ether oxygens (including phenoxy) is 1. The lowest BCUT2D eigenvalue weighted by molar-refractivity contribution is -0.121. The van der Waals surface area contributed by atoms with Gasteiger partial charge in [-0.05, 0) is 37.8 Å². The van der Waals surface area contributed by atoms with Crippen molar-refractivity contribution in [2.45, 2.75) is 31.8 Å². The number of rotatable bonds is 4. The lowest BCUT2D eigenvalue weighted by Crippen LogP contribution is -2.30. The van der Waals surface area contributed by atoms with Crippen LogP contribution in [0.1, 0.15) is 36.0 Å². The Labute approximate surface area is 123 Å². The lowest BCUT2D eigenvalue weighted by Gasteiger charge is -2.26. The largest absolute Gasteiger partial charge is 0.396 e. The summed E-state index contributed by atoms with van der Waals surface area (Å²) < 4.78 is 5.30. The molecule has 1 aliphatic carbocycles. The molecule has 0 atom stereocenters. The Bertz CT molecular complexity index is 537. The van der Waals surface area contributed by atoms with E-state index in [-0.39, 0.29) is 29.2 Å². The molecule has 0 bridgehead atoms. The van der Waals surface area contributed by atoms with E-state index in [9.17, 15) is 9.59 Å². The van der Waals surface area contributed by atoms with Crippen molar-refractivity contribution >= 4 is 23.2 Å². The van der Waals surface area contributed by atoms with Gasteiger partial charge in [-0.3, -0.25) is 9.59 Å². The standard InChI is InChI=1S/C15H21N3O3/c1-21-10-7-5-9(6-8-10)15(20)18-12-4-2-3-11(13(12)16)14(17)19/h2-4,9-10H,5-8,16H2,1H3,(H2,17,19)(H,18,20). The summed E-state index contributed by atoms with van der Waals surface area (Å²) in [6.07, 6.45) is 3.59. The van der Waals surface area contributed by atoms with E-state index in [1.807, 2.05) is 0 Å². The monoisotopic (exact) mass is 291 g/mol. The van der Waals surface area contributed by atoms with Gasteiger partial charge >= 0.3 is 0 Å². The third-order valence-electron chi connectivity index (χ3n) is 4.01. The summed E-state index contributed by atoms with van der Waals surface area (Å²) in [5.74, 6) is -0.727. The highest BCUT2D eigenvalue weighted by Gasteiger charge is 2.26. The molecule has 6 heteroatoms. The molecule has 0 aromatic heterocycles. The second-order valence-corrected chi connectivity index (χ2v) is 5.33. The maximum Gasteiger partial charge on any atom is 0.250 e. The normalized spacial score (nSPS) is 21.8. The molecule has 0 saturated heterocycles. The van der Waals surface area contributed by atoms with Gasteiger partial charge in [-0.2, -0.15) is 0 Å². The molecule has 5 N–H and O–H groups in total. The highest BCUT2D eigenvalue weighted by Crippen LogP contribution is 2.28. The zero-order chi connectivity index (χ0) is 15.4. The number of benzene rings is 1. The number of nitrogen functional groups attached to an aromatic ring is 1. The number of nitrogens with one attached hydrogen (secondary N) is 1. The minimum absolute atomic E-state index is 0.0481. The molecule has 0 aliphatic heterocycles. The first-order chi connectivity index (χ1) is 10.0. The number of nitrogens with two attached hydrogens (primary N) is 2. The van der Waals surface area contributed by atoms with Crippen molar-refractivity contribution in [2.75, 3.05) is 18.2 Å². The van der Waals surface area contributed by atoms with Gasteiger partial charge in [0, 0.05) is 13.0 Å². The highest BCUT2D eigenvalue weighted by molar-refractivity contribution is 6.04. The van der Waals surface area contributed by atoms with Crippen LogP contribution in [0, 0.1) is 5.92 Å². The molecule has 2 rings (SSSR count). The molecule has 1 aliphatic rings. The van der Waals surface area contributed by atoms with Gasteiger partial charge in [-0.1, -0.05) is 6.07 Å². The van der Waals surface area contributed by atoms with Gasteiger partial charge in [0.2, 0.25) is 5.91 Å². The maximum absolute atomic E-state index is 12.3. The van der Waals surface area contributed by atoms with E-state index in [1.54, 1.807) is 19.2 Å². The summed E-state index contributed by atoms with van der Waals surface area (Å²) in [5.41, 5.74) is 12.0. The molecule has 1 saturated carbocycles. The molecule has 0 unspecified atom stereocenters. The van der Waals surface area contributed by atoms with Crippen molar-refractivity contribution in [3.8, 4) is 0 Å². The molecule has 2 amide bonds.